The minimum absolute atomic E-state index is 0.625. The highest BCUT2D eigenvalue weighted by Gasteiger charge is 2.16. The first-order chi connectivity index (χ1) is 7.79. The third-order valence-corrected chi connectivity index (χ3v) is 4.02. The van der Waals surface area contributed by atoms with Gasteiger partial charge in [0.2, 0.25) is 0 Å². The van der Waals surface area contributed by atoms with E-state index < -0.39 is 0 Å². The fourth-order valence-corrected chi connectivity index (χ4v) is 2.83. The van der Waals surface area contributed by atoms with E-state index in [-0.39, 0.29) is 0 Å². The number of hydrogen-bond donors (Lipinski definition) is 0. The maximum atomic E-state index is 10.6. The Labute approximate surface area is 100 Å². The Hall–Kier alpha value is -0.870. The molecule has 0 saturated carbocycles. The average molecular weight is 239 g/mol. The smallest absolute Gasteiger partial charge is 0.160 e. The molecule has 0 spiro atoms. The van der Waals surface area contributed by atoms with E-state index in [1.54, 1.807) is 11.3 Å². The highest BCUT2D eigenvalue weighted by molar-refractivity contribution is 7.17. The van der Waals surface area contributed by atoms with Gasteiger partial charge in [0.05, 0.1) is 16.5 Å². The van der Waals surface area contributed by atoms with Gasteiger partial charge in [-0.1, -0.05) is 0 Å². The van der Waals surface area contributed by atoms with Gasteiger partial charge in [0, 0.05) is 20.2 Å². The second-order valence-electron chi connectivity index (χ2n) is 4.26. The second kappa shape index (κ2) is 5.46. The Morgan fingerprint density at radius 2 is 2.50 bits per heavy atom. The lowest BCUT2D eigenvalue weighted by atomic mass is 10.0. The minimum atomic E-state index is 0.625. The van der Waals surface area contributed by atoms with Gasteiger partial charge >= 0.3 is 0 Å². The van der Waals surface area contributed by atoms with Gasteiger partial charge in [0.15, 0.2) is 6.29 Å². The Kier molecular flexibility index (Phi) is 3.96. The zero-order chi connectivity index (χ0) is 11.4. The first-order valence-corrected chi connectivity index (χ1v) is 6.45. The van der Waals surface area contributed by atoms with Gasteiger partial charge in [-0.05, 0) is 30.9 Å². The van der Waals surface area contributed by atoms with E-state index >= 15 is 0 Å². The number of anilines is 1. The Bertz CT molecular complexity index is 345. The summed E-state index contributed by atoms with van der Waals surface area (Å²) in [5.74, 6) is 0.625. The van der Waals surface area contributed by atoms with Crippen molar-refractivity contribution in [3.8, 4) is 0 Å². The molecule has 1 atom stereocenters. The first kappa shape index (κ1) is 11.6. The number of aldehydes is 1. The van der Waals surface area contributed by atoms with Crippen LogP contribution in [0.2, 0.25) is 0 Å². The van der Waals surface area contributed by atoms with Crippen LogP contribution in [-0.4, -0.2) is 33.1 Å². The van der Waals surface area contributed by atoms with Crippen molar-refractivity contribution in [3.63, 3.8) is 0 Å². The molecule has 1 unspecified atom stereocenters. The lowest BCUT2D eigenvalue weighted by Crippen LogP contribution is -2.30. The summed E-state index contributed by atoms with van der Waals surface area (Å²) in [5.41, 5.74) is 0. The van der Waals surface area contributed by atoms with Crippen molar-refractivity contribution in [1.82, 2.24) is 0 Å². The summed E-state index contributed by atoms with van der Waals surface area (Å²) < 4.78 is 5.47. The highest BCUT2D eigenvalue weighted by Crippen LogP contribution is 2.25. The molecule has 3 nitrogen and oxygen atoms in total. The molecule has 0 amide bonds. The van der Waals surface area contributed by atoms with Crippen molar-refractivity contribution >= 4 is 22.6 Å². The molecule has 1 aromatic rings. The topological polar surface area (TPSA) is 29.5 Å². The predicted octanol–water partition coefficient (Wildman–Crippen LogP) is 2.42. The predicted molar refractivity (Wildman–Crippen MR) is 66.5 cm³/mol. The number of carbonyl (C=O) groups excluding carboxylic acids is 1. The van der Waals surface area contributed by atoms with Crippen LogP contribution >= 0.6 is 11.3 Å². The minimum Gasteiger partial charge on any atom is -0.381 e. The summed E-state index contributed by atoms with van der Waals surface area (Å²) >= 11 is 1.55. The van der Waals surface area contributed by atoms with Crippen LogP contribution in [0.1, 0.15) is 22.5 Å². The quantitative estimate of drug-likeness (QED) is 0.756. The third kappa shape index (κ3) is 2.83. The SMILES string of the molecule is CN(CC1CCCOC1)c1ccc(C=O)s1. The lowest BCUT2D eigenvalue weighted by Gasteiger charge is -2.27. The van der Waals surface area contributed by atoms with Crippen LogP contribution in [0.5, 0.6) is 0 Å². The monoisotopic (exact) mass is 239 g/mol. The molecule has 1 saturated heterocycles. The van der Waals surface area contributed by atoms with E-state index in [1.807, 2.05) is 12.1 Å². The fraction of sp³-hybridized carbons (Fsp3) is 0.583. The molecule has 0 N–H and O–H groups in total. The van der Waals surface area contributed by atoms with Crippen LogP contribution in [0.4, 0.5) is 5.00 Å². The molecule has 16 heavy (non-hydrogen) atoms. The van der Waals surface area contributed by atoms with Crippen molar-refractivity contribution in [3.05, 3.63) is 17.0 Å². The molecule has 0 aliphatic carbocycles. The molecule has 1 aliphatic rings. The molecule has 0 aromatic carbocycles. The zero-order valence-electron chi connectivity index (χ0n) is 9.52. The number of carbonyl (C=O) groups is 1. The van der Waals surface area contributed by atoms with Gasteiger partial charge in [0.1, 0.15) is 0 Å². The van der Waals surface area contributed by atoms with Crippen LogP contribution in [0.3, 0.4) is 0 Å². The molecule has 2 heterocycles. The molecule has 2 rings (SSSR count). The van der Waals surface area contributed by atoms with Crippen LogP contribution in [0.15, 0.2) is 12.1 Å². The molecule has 0 bridgehead atoms. The molecule has 0 radical (unpaired) electrons. The van der Waals surface area contributed by atoms with Gasteiger partial charge < -0.3 is 9.64 Å². The van der Waals surface area contributed by atoms with Gasteiger partial charge in [-0.3, -0.25) is 4.79 Å². The van der Waals surface area contributed by atoms with Gasteiger partial charge in [-0.15, -0.1) is 11.3 Å². The van der Waals surface area contributed by atoms with Gasteiger partial charge in [0.25, 0.3) is 0 Å². The number of thiophene rings is 1. The Balaban J connectivity index is 1.90. The summed E-state index contributed by atoms with van der Waals surface area (Å²) in [6.45, 7) is 2.80. The van der Waals surface area contributed by atoms with Crippen LogP contribution < -0.4 is 4.90 Å². The Morgan fingerprint density at radius 3 is 3.12 bits per heavy atom. The van der Waals surface area contributed by atoms with Crippen molar-refractivity contribution in [2.45, 2.75) is 12.8 Å². The van der Waals surface area contributed by atoms with E-state index in [9.17, 15) is 4.79 Å². The molecule has 1 aromatic heterocycles. The maximum Gasteiger partial charge on any atom is 0.160 e. The summed E-state index contributed by atoms with van der Waals surface area (Å²) in [4.78, 5) is 13.6. The van der Waals surface area contributed by atoms with E-state index in [0.717, 1.165) is 35.9 Å². The fourth-order valence-electron chi connectivity index (χ4n) is 2.04. The van der Waals surface area contributed by atoms with E-state index in [2.05, 4.69) is 11.9 Å². The van der Waals surface area contributed by atoms with Crippen molar-refractivity contribution in [2.24, 2.45) is 5.92 Å². The molecular weight excluding hydrogens is 222 g/mol. The number of hydrogen-bond acceptors (Lipinski definition) is 4. The largest absolute Gasteiger partial charge is 0.381 e. The summed E-state index contributed by atoms with van der Waals surface area (Å²) in [6, 6.07) is 3.89. The number of ether oxygens (including phenoxy) is 1. The summed E-state index contributed by atoms with van der Waals surface area (Å²) in [6.07, 6.45) is 3.32. The molecule has 4 heteroatoms. The highest BCUT2D eigenvalue weighted by atomic mass is 32.1. The van der Waals surface area contributed by atoms with E-state index in [4.69, 9.17) is 4.74 Å². The first-order valence-electron chi connectivity index (χ1n) is 5.63. The van der Waals surface area contributed by atoms with Crippen LogP contribution in [0.25, 0.3) is 0 Å². The molecule has 88 valence electrons. The maximum absolute atomic E-state index is 10.6. The molecule has 1 fully saturated rings. The average Bonchev–Trinajstić information content (AvgIpc) is 2.79. The van der Waals surface area contributed by atoms with Crippen molar-refractivity contribution in [1.29, 1.82) is 0 Å². The number of rotatable bonds is 4. The standard InChI is InChI=1S/C12H17NO2S/c1-13(7-10-3-2-6-15-9-10)12-5-4-11(8-14)16-12/h4-5,8,10H,2-3,6-7,9H2,1H3. The lowest BCUT2D eigenvalue weighted by molar-refractivity contribution is 0.0577. The van der Waals surface area contributed by atoms with Crippen molar-refractivity contribution in [2.75, 3.05) is 31.7 Å². The summed E-state index contributed by atoms with van der Waals surface area (Å²) in [7, 11) is 2.08. The van der Waals surface area contributed by atoms with Gasteiger partial charge in [-0.2, -0.15) is 0 Å². The molecule has 1 aliphatic heterocycles. The van der Waals surface area contributed by atoms with Crippen LogP contribution in [-0.2, 0) is 4.74 Å². The van der Waals surface area contributed by atoms with Gasteiger partial charge in [-0.25, -0.2) is 0 Å². The summed E-state index contributed by atoms with van der Waals surface area (Å²) in [5, 5.41) is 1.16. The zero-order valence-corrected chi connectivity index (χ0v) is 10.3. The Morgan fingerprint density at radius 1 is 1.62 bits per heavy atom. The molecular formula is C12H17NO2S. The van der Waals surface area contributed by atoms with Crippen molar-refractivity contribution < 1.29 is 9.53 Å². The number of nitrogens with zero attached hydrogens (tertiary/aromatic N) is 1. The second-order valence-corrected chi connectivity index (χ2v) is 5.35. The normalized spacial score (nSPS) is 20.7. The van der Waals surface area contributed by atoms with Crippen LogP contribution in [0, 0.1) is 5.92 Å². The third-order valence-electron chi connectivity index (χ3n) is 2.89. The van der Waals surface area contributed by atoms with E-state index in [1.165, 1.54) is 12.8 Å². The van der Waals surface area contributed by atoms with E-state index in [0.29, 0.717) is 5.92 Å².